The smallest absolute Gasteiger partial charge is 0.368 e. The number of alkyl halides is 3. The molecule has 0 spiro atoms. The molecule has 0 bridgehead atoms. The van der Waals surface area contributed by atoms with E-state index in [1.165, 1.54) is 6.07 Å². The standard InChI is InChI=1S/C18H20F3N3O/c1-2-17(12-22-9-10-25-17)13-3-6-15(7-4-13)24-16-8-5-14(11-23-16)18(19,20)21/h3-8,11,22H,2,9-10,12H2,1H3,(H,23,24)/t17-/m0/s1. The summed E-state index contributed by atoms with van der Waals surface area (Å²) in [4.78, 5) is 3.82. The Kier molecular flexibility index (Phi) is 4.96. The molecule has 0 amide bonds. The quantitative estimate of drug-likeness (QED) is 0.872. The Morgan fingerprint density at radius 2 is 1.96 bits per heavy atom. The summed E-state index contributed by atoms with van der Waals surface area (Å²) in [7, 11) is 0. The number of nitrogens with zero attached hydrogens (tertiary/aromatic N) is 1. The number of aromatic nitrogens is 1. The third-order valence-corrected chi connectivity index (χ3v) is 4.41. The summed E-state index contributed by atoms with van der Waals surface area (Å²) in [6.07, 6.45) is -2.70. The maximum Gasteiger partial charge on any atom is 0.417 e. The SMILES string of the molecule is CC[C@@]1(c2ccc(Nc3ccc(C(F)(F)F)cn3)cc2)CNCCO1. The van der Waals surface area contributed by atoms with Crippen LogP contribution in [0.4, 0.5) is 24.7 Å². The van der Waals surface area contributed by atoms with Gasteiger partial charge in [0.05, 0.1) is 12.2 Å². The lowest BCUT2D eigenvalue weighted by Gasteiger charge is -2.37. The molecule has 0 unspecified atom stereocenters. The number of rotatable bonds is 4. The highest BCUT2D eigenvalue weighted by Crippen LogP contribution is 2.32. The van der Waals surface area contributed by atoms with Crippen LogP contribution in [0.3, 0.4) is 0 Å². The van der Waals surface area contributed by atoms with Crippen LogP contribution in [-0.2, 0) is 16.5 Å². The molecule has 2 aromatic rings. The minimum atomic E-state index is -4.38. The largest absolute Gasteiger partial charge is 0.417 e. The molecule has 2 heterocycles. The molecule has 2 N–H and O–H groups in total. The first-order chi connectivity index (χ1) is 11.9. The van der Waals surface area contributed by atoms with E-state index >= 15 is 0 Å². The van der Waals surface area contributed by atoms with E-state index in [1.54, 1.807) is 0 Å². The van der Waals surface area contributed by atoms with Crippen LogP contribution in [0.5, 0.6) is 0 Å². The lowest BCUT2D eigenvalue weighted by Crippen LogP contribution is -2.47. The highest BCUT2D eigenvalue weighted by molar-refractivity contribution is 5.56. The molecule has 134 valence electrons. The van der Waals surface area contributed by atoms with Gasteiger partial charge >= 0.3 is 6.18 Å². The number of benzene rings is 1. The van der Waals surface area contributed by atoms with E-state index in [2.05, 4.69) is 22.5 Å². The summed E-state index contributed by atoms with van der Waals surface area (Å²) in [5.74, 6) is 0.363. The molecule has 1 aliphatic heterocycles. The van der Waals surface area contributed by atoms with E-state index in [9.17, 15) is 13.2 Å². The molecular formula is C18H20F3N3O. The van der Waals surface area contributed by atoms with Gasteiger partial charge in [-0.3, -0.25) is 0 Å². The molecule has 0 aliphatic carbocycles. The topological polar surface area (TPSA) is 46.2 Å². The Balaban J connectivity index is 1.72. The van der Waals surface area contributed by atoms with E-state index in [-0.39, 0.29) is 5.60 Å². The van der Waals surface area contributed by atoms with Crippen LogP contribution in [0.25, 0.3) is 0 Å². The van der Waals surface area contributed by atoms with E-state index in [1.807, 2.05) is 24.3 Å². The predicted molar refractivity (Wildman–Crippen MR) is 89.8 cm³/mol. The Hall–Kier alpha value is -2.12. The first-order valence-electron chi connectivity index (χ1n) is 8.18. The molecule has 1 aliphatic rings. The van der Waals surface area contributed by atoms with Crippen molar-refractivity contribution in [2.45, 2.75) is 25.1 Å². The molecule has 7 heteroatoms. The zero-order valence-corrected chi connectivity index (χ0v) is 13.9. The highest BCUT2D eigenvalue weighted by atomic mass is 19.4. The van der Waals surface area contributed by atoms with Gasteiger partial charge in [-0.2, -0.15) is 13.2 Å². The number of anilines is 2. The van der Waals surface area contributed by atoms with Gasteiger partial charge in [-0.1, -0.05) is 19.1 Å². The molecule has 4 nitrogen and oxygen atoms in total. The van der Waals surface area contributed by atoms with Crippen molar-refractivity contribution in [3.05, 3.63) is 53.7 Å². The molecule has 1 aromatic heterocycles. The second-order valence-corrected chi connectivity index (χ2v) is 6.01. The van der Waals surface area contributed by atoms with Crippen molar-refractivity contribution < 1.29 is 17.9 Å². The number of hydrogen-bond acceptors (Lipinski definition) is 4. The average Bonchev–Trinajstić information content (AvgIpc) is 2.62. The van der Waals surface area contributed by atoms with E-state index in [0.29, 0.717) is 12.4 Å². The van der Waals surface area contributed by atoms with Gasteiger partial charge in [0.15, 0.2) is 0 Å². The summed E-state index contributed by atoms with van der Waals surface area (Å²) < 4.78 is 43.7. The van der Waals surface area contributed by atoms with Crippen LogP contribution < -0.4 is 10.6 Å². The van der Waals surface area contributed by atoms with Crippen LogP contribution in [0.2, 0.25) is 0 Å². The van der Waals surface area contributed by atoms with Crippen LogP contribution in [0.1, 0.15) is 24.5 Å². The first-order valence-corrected chi connectivity index (χ1v) is 8.18. The summed E-state index contributed by atoms with van der Waals surface area (Å²) >= 11 is 0. The number of pyridine rings is 1. The molecule has 0 radical (unpaired) electrons. The monoisotopic (exact) mass is 351 g/mol. The minimum Gasteiger partial charge on any atom is -0.368 e. The van der Waals surface area contributed by atoms with Crippen molar-refractivity contribution in [2.24, 2.45) is 0 Å². The Morgan fingerprint density at radius 3 is 2.48 bits per heavy atom. The number of nitrogens with one attached hydrogen (secondary N) is 2. The maximum absolute atomic E-state index is 12.6. The van der Waals surface area contributed by atoms with Crippen molar-refractivity contribution in [2.75, 3.05) is 25.0 Å². The fourth-order valence-electron chi connectivity index (χ4n) is 2.92. The van der Waals surface area contributed by atoms with Crippen LogP contribution >= 0.6 is 0 Å². The molecule has 3 rings (SSSR count). The summed E-state index contributed by atoms with van der Waals surface area (Å²) in [5, 5.41) is 6.36. The second kappa shape index (κ2) is 7.01. The average molecular weight is 351 g/mol. The van der Waals surface area contributed by atoms with E-state index in [0.717, 1.165) is 43.0 Å². The van der Waals surface area contributed by atoms with Crippen LogP contribution in [0, 0.1) is 0 Å². The third kappa shape index (κ3) is 3.93. The Morgan fingerprint density at radius 1 is 1.20 bits per heavy atom. The zero-order chi connectivity index (χ0) is 17.9. The summed E-state index contributed by atoms with van der Waals surface area (Å²) in [6, 6.07) is 10.0. The van der Waals surface area contributed by atoms with Gasteiger partial charge in [0.1, 0.15) is 11.4 Å². The van der Waals surface area contributed by atoms with Gasteiger partial charge in [0.2, 0.25) is 0 Å². The summed E-state index contributed by atoms with van der Waals surface area (Å²) in [5.41, 5.74) is 0.739. The fourth-order valence-corrected chi connectivity index (χ4v) is 2.92. The van der Waals surface area contributed by atoms with Crippen LogP contribution in [0.15, 0.2) is 42.6 Å². The Bertz CT molecular complexity index is 693. The van der Waals surface area contributed by atoms with Crippen molar-refractivity contribution in [3.63, 3.8) is 0 Å². The van der Waals surface area contributed by atoms with Gasteiger partial charge in [-0.15, -0.1) is 0 Å². The predicted octanol–water partition coefficient (Wildman–Crippen LogP) is 4.07. The van der Waals surface area contributed by atoms with Crippen molar-refractivity contribution in [1.29, 1.82) is 0 Å². The molecular weight excluding hydrogens is 331 g/mol. The molecule has 0 saturated carbocycles. The van der Waals surface area contributed by atoms with Gasteiger partial charge in [0, 0.05) is 25.0 Å². The summed E-state index contributed by atoms with van der Waals surface area (Å²) in [6.45, 7) is 4.37. The molecule has 1 aromatic carbocycles. The lowest BCUT2D eigenvalue weighted by molar-refractivity contribution is -0.137. The zero-order valence-electron chi connectivity index (χ0n) is 13.9. The number of ether oxygens (including phenoxy) is 1. The lowest BCUT2D eigenvalue weighted by atomic mass is 9.89. The normalized spacial score (nSPS) is 21.1. The van der Waals surface area contributed by atoms with Crippen molar-refractivity contribution in [3.8, 4) is 0 Å². The maximum atomic E-state index is 12.6. The van der Waals surface area contributed by atoms with Crippen LogP contribution in [-0.4, -0.2) is 24.7 Å². The molecule has 1 fully saturated rings. The van der Waals surface area contributed by atoms with Gasteiger partial charge < -0.3 is 15.4 Å². The molecule has 1 atom stereocenters. The minimum absolute atomic E-state index is 0.330. The third-order valence-electron chi connectivity index (χ3n) is 4.41. The second-order valence-electron chi connectivity index (χ2n) is 6.01. The number of morpholine rings is 1. The Labute approximate surface area is 144 Å². The molecule has 1 saturated heterocycles. The number of hydrogen-bond donors (Lipinski definition) is 2. The number of halogens is 3. The van der Waals surface area contributed by atoms with Gasteiger partial charge in [0.25, 0.3) is 0 Å². The van der Waals surface area contributed by atoms with Gasteiger partial charge in [-0.05, 0) is 36.2 Å². The van der Waals surface area contributed by atoms with E-state index in [4.69, 9.17) is 4.74 Å². The molecule has 25 heavy (non-hydrogen) atoms. The van der Waals surface area contributed by atoms with E-state index < -0.39 is 11.7 Å². The van der Waals surface area contributed by atoms with Gasteiger partial charge in [-0.25, -0.2) is 4.98 Å². The van der Waals surface area contributed by atoms with Crippen molar-refractivity contribution >= 4 is 11.5 Å². The first kappa shape index (κ1) is 17.7. The van der Waals surface area contributed by atoms with Crippen molar-refractivity contribution in [1.82, 2.24) is 10.3 Å². The highest BCUT2D eigenvalue weighted by Gasteiger charge is 2.33. The fraction of sp³-hybridized carbons (Fsp3) is 0.389.